The topological polar surface area (TPSA) is 72.3 Å². The highest BCUT2D eigenvalue weighted by atomic mass is 16.5. The highest BCUT2D eigenvalue weighted by Gasteiger charge is 2.14. The number of pyridine rings is 1. The molecule has 0 spiro atoms. The molecule has 1 aliphatic heterocycles. The van der Waals surface area contributed by atoms with Crippen LogP contribution in [0, 0.1) is 0 Å². The summed E-state index contributed by atoms with van der Waals surface area (Å²) in [7, 11) is 1.62. The third-order valence-electron chi connectivity index (χ3n) is 4.61. The van der Waals surface area contributed by atoms with E-state index in [4.69, 9.17) is 4.74 Å². The summed E-state index contributed by atoms with van der Waals surface area (Å²) in [6, 6.07) is 9.21. The van der Waals surface area contributed by atoms with Crippen molar-refractivity contribution in [1.82, 2.24) is 14.6 Å². The summed E-state index contributed by atoms with van der Waals surface area (Å²) in [5.41, 5.74) is 4.35. The first-order valence-corrected chi connectivity index (χ1v) is 8.79. The Kier molecular flexibility index (Phi) is 4.43. The maximum atomic E-state index is 12.7. The van der Waals surface area contributed by atoms with E-state index >= 15 is 0 Å². The summed E-state index contributed by atoms with van der Waals surface area (Å²) < 4.78 is 6.58. The molecule has 0 unspecified atom stereocenters. The zero-order valence-corrected chi connectivity index (χ0v) is 14.7. The second-order valence-electron chi connectivity index (χ2n) is 6.35. The van der Waals surface area contributed by atoms with Crippen molar-refractivity contribution >= 4 is 22.5 Å². The van der Waals surface area contributed by atoms with Crippen molar-refractivity contribution in [2.45, 2.75) is 19.3 Å². The number of nitrogens with zero attached hydrogens (tertiary/aromatic N) is 4. The molecule has 4 rings (SSSR count). The Hall–Kier alpha value is -3.09. The van der Waals surface area contributed by atoms with Crippen molar-refractivity contribution in [2.24, 2.45) is 0 Å². The Balaban J connectivity index is 1.62. The number of rotatable bonds is 4. The molecule has 0 amide bonds. The van der Waals surface area contributed by atoms with Crippen LogP contribution in [0.2, 0.25) is 0 Å². The van der Waals surface area contributed by atoms with Crippen LogP contribution in [0.3, 0.4) is 0 Å². The molecule has 26 heavy (non-hydrogen) atoms. The van der Waals surface area contributed by atoms with Gasteiger partial charge >= 0.3 is 0 Å². The number of ether oxygens (including phenoxy) is 1. The van der Waals surface area contributed by atoms with Crippen LogP contribution in [0.5, 0.6) is 5.75 Å². The van der Waals surface area contributed by atoms with Gasteiger partial charge < -0.3 is 9.64 Å². The van der Waals surface area contributed by atoms with E-state index in [2.05, 4.69) is 20.3 Å². The average Bonchev–Trinajstić information content (AvgIpc) is 2.71. The van der Waals surface area contributed by atoms with Gasteiger partial charge in [-0.1, -0.05) is 0 Å². The molecule has 0 bridgehead atoms. The molecule has 1 saturated heterocycles. The fourth-order valence-electron chi connectivity index (χ4n) is 3.16. The van der Waals surface area contributed by atoms with Crippen molar-refractivity contribution < 1.29 is 4.74 Å². The third-order valence-corrected chi connectivity index (χ3v) is 4.61. The number of hydrogen-bond donors (Lipinski definition) is 1. The quantitative estimate of drug-likeness (QED) is 0.779. The van der Waals surface area contributed by atoms with E-state index in [1.807, 2.05) is 30.3 Å². The van der Waals surface area contributed by atoms with E-state index in [-0.39, 0.29) is 5.56 Å². The van der Waals surface area contributed by atoms with Gasteiger partial charge in [0.2, 0.25) is 5.95 Å². The van der Waals surface area contributed by atoms with E-state index in [1.54, 1.807) is 19.5 Å². The minimum atomic E-state index is -0.177. The van der Waals surface area contributed by atoms with Crippen LogP contribution in [-0.4, -0.2) is 34.8 Å². The number of methoxy groups -OCH3 is 1. The molecule has 7 nitrogen and oxygen atoms in total. The second kappa shape index (κ2) is 7.03. The molecular weight excluding hydrogens is 330 g/mol. The van der Waals surface area contributed by atoms with Gasteiger partial charge in [-0.15, -0.1) is 0 Å². The van der Waals surface area contributed by atoms with Gasteiger partial charge in [0.25, 0.3) is 5.56 Å². The van der Waals surface area contributed by atoms with Crippen LogP contribution < -0.4 is 20.6 Å². The van der Waals surface area contributed by atoms with Crippen molar-refractivity contribution in [1.29, 1.82) is 0 Å². The number of hydrogen-bond acceptors (Lipinski definition) is 6. The monoisotopic (exact) mass is 351 g/mol. The number of piperidine rings is 1. The molecule has 1 aliphatic rings. The number of aromatic nitrogens is 3. The fraction of sp³-hybridized carbons (Fsp3) is 0.316. The van der Waals surface area contributed by atoms with Crippen LogP contribution in [0.1, 0.15) is 19.3 Å². The van der Waals surface area contributed by atoms with E-state index in [0.717, 1.165) is 37.4 Å². The Morgan fingerprint density at radius 1 is 1.08 bits per heavy atom. The van der Waals surface area contributed by atoms with Crippen molar-refractivity contribution in [2.75, 3.05) is 30.5 Å². The van der Waals surface area contributed by atoms with Gasteiger partial charge in [0.1, 0.15) is 5.75 Å². The summed E-state index contributed by atoms with van der Waals surface area (Å²) >= 11 is 0. The summed E-state index contributed by atoms with van der Waals surface area (Å²) in [5, 5.41) is 0.495. The molecule has 7 heteroatoms. The van der Waals surface area contributed by atoms with Crippen molar-refractivity contribution in [3.8, 4) is 5.75 Å². The summed E-state index contributed by atoms with van der Waals surface area (Å²) in [6.07, 6.45) is 6.90. The van der Waals surface area contributed by atoms with Gasteiger partial charge in [-0.25, -0.2) is 14.6 Å². The first kappa shape index (κ1) is 16.4. The SMILES string of the molecule is COc1ccc(Nn2ccc3nc(N4CCCCC4)ncc3c2=O)cc1. The van der Waals surface area contributed by atoms with Crippen molar-refractivity contribution in [3.05, 3.63) is 53.1 Å². The smallest absolute Gasteiger partial charge is 0.280 e. The first-order valence-electron chi connectivity index (χ1n) is 8.79. The molecule has 3 heterocycles. The van der Waals surface area contributed by atoms with Gasteiger partial charge in [-0.2, -0.15) is 0 Å². The first-order chi connectivity index (χ1) is 12.7. The number of nitrogens with one attached hydrogen (secondary N) is 1. The predicted molar refractivity (Wildman–Crippen MR) is 102 cm³/mol. The summed E-state index contributed by atoms with van der Waals surface area (Å²) in [4.78, 5) is 23.9. The molecule has 1 aromatic carbocycles. The lowest BCUT2D eigenvalue weighted by molar-refractivity contribution is 0.415. The van der Waals surface area contributed by atoms with E-state index in [9.17, 15) is 4.79 Å². The standard InChI is InChI=1S/C19H21N5O2/c1-26-15-7-5-14(6-8-15)22-24-12-9-17-16(18(24)25)13-20-19(21-17)23-10-3-2-4-11-23/h5-9,12-13,22H,2-4,10-11H2,1H3. The maximum Gasteiger partial charge on any atom is 0.280 e. The Bertz CT molecular complexity index is 962. The molecule has 0 aliphatic carbocycles. The minimum Gasteiger partial charge on any atom is -0.497 e. The van der Waals surface area contributed by atoms with E-state index < -0.39 is 0 Å². The largest absolute Gasteiger partial charge is 0.497 e. The lowest BCUT2D eigenvalue weighted by Gasteiger charge is -2.26. The molecule has 1 N–H and O–H groups in total. The lowest BCUT2D eigenvalue weighted by atomic mass is 10.1. The molecule has 0 atom stereocenters. The van der Waals surface area contributed by atoms with E-state index in [1.165, 1.54) is 11.1 Å². The predicted octanol–water partition coefficient (Wildman–Crippen LogP) is 2.67. The van der Waals surface area contributed by atoms with Crippen LogP contribution in [0.4, 0.5) is 11.6 Å². The van der Waals surface area contributed by atoms with Crippen LogP contribution in [0.15, 0.2) is 47.5 Å². The van der Waals surface area contributed by atoms with Crippen LogP contribution in [-0.2, 0) is 0 Å². The number of anilines is 2. The van der Waals surface area contributed by atoms with Gasteiger partial charge in [-0.05, 0) is 49.6 Å². The highest BCUT2D eigenvalue weighted by molar-refractivity contribution is 5.77. The van der Waals surface area contributed by atoms with Gasteiger partial charge in [0.05, 0.1) is 23.7 Å². The number of benzene rings is 1. The highest BCUT2D eigenvalue weighted by Crippen LogP contribution is 2.18. The summed E-state index contributed by atoms with van der Waals surface area (Å²) in [5.74, 6) is 1.47. The van der Waals surface area contributed by atoms with Gasteiger partial charge in [0, 0.05) is 25.5 Å². The van der Waals surface area contributed by atoms with Crippen molar-refractivity contribution in [3.63, 3.8) is 0 Å². The van der Waals surface area contributed by atoms with E-state index in [0.29, 0.717) is 16.9 Å². The van der Waals surface area contributed by atoms with Crippen LogP contribution >= 0.6 is 0 Å². The molecular formula is C19H21N5O2. The average molecular weight is 351 g/mol. The molecule has 2 aromatic heterocycles. The fourth-order valence-corrected chi connectivity index (χ4v) is 3.16. The Labute approximate surface area is 151 Å². The summed E-state index contributed by atoms with van der Waals surface area (Å²) in [6.45, 7) is 1.95. The van der Waals surface area contributed by atoms with Gasteiger partial charge in [-0.3, -0.25) is 10.2 Å². The normalized spacial score (nSPS) is 14.4. The molecule has 0 saturated carbocycles. The zero-order chi connectivity index (χ0) is 17.9. The lowest BCUT2D eigenvalue weighted by Crippen LogP contribution is -2.31. The molecule has 1 fully saturated rings. The van der Waals surface area contributed by atoms with Crippen LogP contribution in [0.25, 0.3) is 10.9 Å². The number of fused-ring (bicyclic) bond motifs is 1. The van der Waals surface area contributed by atoms with Gasteiger partial charge in [0.15, 0.2) is 0 Å². The minimum absolute atomic E-state index is 0.177. The third kappa shape index (κ3) is 3.20. The Morgan fingerprint density at radius 3 is 2.58 bits per heavy atom. The molecule has 0 radical (unpaired) electrons. The second-order valence-corrected chi connectivity index (χ2v) is 6.35. The maximum absolute atomic E-state index is 12.7. The zero-order valence-electron chi connectivity index (χ0n) is 14.7. The Morgan fingerprint density at radius 2 is 1.85 bits per heavy atom. The molecule has 134 valence electrons. The molecule has 3 aromatic rings.